The molecule has 2 nitrogen and oxygen atoms in total. The maximum Gasteiger partial charge on any atom is 0.0482 e. The molecule has 1 aromatic heterocycles. The number of aromatic nitrogens is 1. The number of hydrogen-bond donors (Lipinski definition) is 1. The van der Waals surface area contributed by atoms with Gasteiger partial charge < -0.3 is 9.88 Å². The second-order valence-electron chi connectivity index (χ2n) is 5.39. The van der Waals surface area contributed by atoms with E-state index in [9.17, 15) is 0 Å². The van der Waals surface area contributed by atoms with Crippen LogP contribution in [0.4, 0.5) is 0 Å². The third-order valence-corrected chi connectivity index (χ3v) is 4.21. The van der Waals surface area contributed by atoms with Crippen molar-refractivity contribution < 1.29 is 0 Å². The predicted molar refractivity (Wildman–Crippen MR) is 76.9 cm³/mol. The lowest BCUT2D eigenvalue weighted by atomic mass is 9.89. The zero-order valence-electron chi connectivity index (χ0n) is 11.1. The summed E-state index contributed by atoms with van der Waals surface area (Å²) in [5.74, 6) is 0.777. The summed E-state index contributed by atoms with van der Waals surface area (Å²) in [7, 11) is 0. The molecular formula is C16H22N2. The summed E-state index contributed by atoms with van der Waals surface area (Å²) in [6.07, 6.45) is 6.14. The van der Waals surface area contributed by atoms with Gasteiger partial charge in [0, 0.05) is 17.8 Å². The molecule has 2 aromatic rings. The highest BCUT2D eigenvalue weighted by Crippen LogP contribution is 2.31. The predicted octanol–water partition coefficient (Wildman–Crippen LogP) is 3.59. The molecule has 1 fully saturated rings. The molecule has 2 atom stereocenters. The van der Waals surface area contributed by atoms with Crippen LogP contribution in [0.25, 0.3) is 10.9 Å². The van der Waals surface area contributed by atoms with Crippen LogP contribution in [0.5, 0.6) is 0 Å². The van der Waals surface area contributed by atoms with Crippen molar-refractivity contribution in [3.8, 4) is 0 Å². The molecular weight excluding hydrogens is 220 g/mol. The van der Waals surface area contributed by atoms with Gasteiger partial charge in [0.15, 0.2) is 0 Å². The monoisotopic (exact) mass is 242 g/mol. The van der Waals surface area contributed by atoms with E-state index >= 15 is 0 Å². The minimum Gasteiger partial charge on any atom is -0.344 e. The van der Waals surface area contributed by atoms with Crippen LogP contribution in [0.15, 0.2) is 36.5 Å². The van der Waals surface area contributed by atoms with E-state index in [4.69, 9.17) is 0 Å². The van der Waals surface area contributed by atoms with Crippen molar-refractivity contribution in [2.45, 2.75) is 32.2 Å². The molecule has 0 aliphatic carbocycles. The average molecular weight is 242 g/mol. The number of nitrogens with one attached hydrogen (secondary N) is 1. The van der Waals surface area contributed by atoms with Gasteiger partial charge in [-0.3, -0.25) is 0 Å². The third kappa shape index (κ3) is 2.05. The van der Waals surface area contributed by atoms with Crippen LogP contribution in [-0.2, 0) is 0 Å². The molecule has 0 radical (unpaired) electrons. The molecule has 1 saturated heterocycles. The maximum atomic E-state index is 3.55. The number of nitrogens with zero attached hydrogens (tertiary/aromatic N) is 1. The van der Waals surface area contributed by atoms with Gasteiger partial charge in [0.05, 0.1) is 0 Å². The molecule has 1 aliphatic heterocycles. The smallest absolute Gasteiger partial charge is 0.0482 e. The first-order valence-corrected chi connectivity index (χ1v) is 7.16. The quantitative estimate of drug-likeness (QED) is 0.870. The fourth-order valence-electron chi connectivity index (χ4n) is 3.33. The number of hydrogen-bond acceptors (Lipinski definition) is 1. The second-order valence-corrected chi connectivity index (χ2v) is 5.39. The Kier molecular flexibility index (Phi) is 3.37. The normalized spacial score (nSPS) is 24.5. The van der Waals surface area contributed by atoms with Gasteiger partial charge in [-0.15, -0.1) is 0 Å². The van der Waals surface area contributed by atoms with E-state index < -0.39 is 0 Å². The van der Waals surface area contributed by atoms with Crippen molar-refractivity contribution in [3.05, 3.63) is 36.5 Å². The van der Waals surface area contributed by atoms with Gasteiger partial charge in [-0.2, -0.15) is 0 Å². The van der Waals surface area contributed by atoms with Gasteiger partial charge in [0.2, 0.25) is 0 Å². The Morgan fingerprint density at radius 2 is 2.17 bits per heavy atom. The SMILES string of the molecule is CCCC1CNCCC1n1ccc2ccccc21. The fraction of sp³-hybridized carbons (Fsp3) is 0.500. The van der Waals surface area contributed by atoms with E-state index in [-0.39, 0.29) is 0 Å². The molecule has 2 heterocycles. The van der Waals surface area contributed by atoms with Crippen molar-refractivity contribution in [2.75, 3.05) is 13.1 Å². The van der Waals surface area contributed by atoms with E-state index in [1.54, 1.807) is 0 Å². The average Bonchev–Trinajstić information content (AvgIpc) is 2.84. The lowest BCUT2D eigenvalue weighted by molar-refractivity contribution is 0.246. The van der Waals surface area contributed by atoms with Gasteiger partial charge in [0.25, 0.3) is 0 Å². The van der Waals surface area contributed by atoms with Crippen LogP contribution >= 0.6 is 0 Å². The van der Waals surface area contributed by atoms with Crippen molar-refractivity contribution in [1.82, 2.24) is 9.88 Å². The highest BCUT2D eigenvalue weighted by molar-refractivity contribution is 5.80. The Hall–Kier alpha value is -1.28. The number of benzene rings is 1. The first-order chi connectivity index (χ1) is 8.90. The molecule has 0 saturated carbocycles. The second kappa shape index (κ2) is 5.15. The lowest BCUT2D eigenvalue weighted by Gasteiger charge is -2.33. The van der Waals surface area contributed by atoms with Gasteiger partial charge >= 0.3 is 0 Å². The van der Waals surface area contributed by atoms with E-state index in [2.05, 4.69) is 53.3 Å². The molecule has 1 N–H and O–H groups in total. The fourth-order valence-corrected chi connectivity index (χ4v) is 3.33. The molecule has 0 bridgehead atoms. The van der Waals surface area contributed by atoms with E-state index in [0.717, 1.165) is 12.5 Å². The zero-order chi connectivity index (χ0) is 12.4. The largest absolute Gasteiger partial charge is 0.344 e. The van der Waals surface area contributed by atoms with E-state index in [0.29, 0.717) is 6.04 Å². The first-order valence-electron chi connectivity index (χ1n) is 7.16. The van der Waals surface area contributed by atoms with Gasteiger partial charge in [0.1, 0.15) is 0 Å². The number of rotatable bonds is 3. The Labute approximate surface area is 109 Å². The standard InChI is InChI=1S/C16H22N2/c1-2-5-14-12-17-10-8-16(14)18-11-9-13-6-3-4-7-15(13)18/h3-4,6-7,9,11,14,16-17H,2,5,8,10,12H2,1H3. The van der Waals surface area contributed by atoms with Crippen molar-refractivity contribution in [3.63, 3.8) is 0 Å². The topological polar surface area (TPSA) is 17.0 Å². The van der Waals surface area contributed by atoms with Crippen LogP contribution in [0.1, 0.15) is 32.2 Å². The molecule has 2 unspecified atom stereocenters. The molecule has 3 rings (SSSR count). The van der Waals surface area contributed by atoms with E-state index in [1.807, 2.05) is 0 Å². The number of piperidine rings is 1. The molecule has 18 heavy (non-hydrogen) atoms. The Bertz CT molecular complexity index is 513. The van der Waals surface area contributed by atoms with Crippen LogP contribution in [0.3, 0.4) is 0 Å². The summed E-state index contributed by atoms with van der Waals surface area (Å²) in [4.78, 5) is 0. The van der Waals surface area contributed by atoms with E-state index in [1.165, 1.54) is 36.7 Å². The highest BCUT2D eigenvalue weighted by atomic mass is 15.0. The molecule has 1 aromatic carbocycles. The summed E-state index contributed by atoms with van der Waals surface area (Å²) < 4.78 is 2.51. The molecule has 0 spiro atoms. The van der Waals surface area contributed by atoms with Crippen molar-refractivity contribution in [2.24, 2.45) is 5.92 Å². The van der Waals surface area contributed by atoms with Crippen molar-refractivity contribution >= 4 is 10.9 Å². The molecule has 2 heteroatoms. The molecule has 1 aliphatic rings. The van der Waals surface area contributed by atoms with Crippen LogP contribution in [0, 0.1) is 5.92 Å². The minimum atomic E-state index is 0.672. The van der Waals surface area contributed by atoms with Gasteiger partial charge in [-0.1, -0.05) is 31.5 Å². The van der Waals surface area contributed by atoms with Crippen LogP contribution < -0.4 is 5.32 Å². The summed E-state index contributed by atoms with van der Waals surface area (Å²) in [5, 5.41) is 4.91. The lowest BCUT2D eigenvalue weighted by Crippen LogP contribution is -2.37. The van der Waals surface area contributed by atoms with Crippen LogP contribution in [-0.4, -0.2) is 17.7 Å². The number of fused-ring (bicyclic) bond motifs is 1. The number of para-hydroxylation sites is 1. The summed E-state index contributed by atoms with van der Waals surface area (Å²) in [6, 6.07) is 11.7. The maximum absolute atomic E-state index is 3.55. The van der Waals surface area contributed by atoms with Crippen molar-refractivity contribution in [1.29, 1.82) is 0 Å². The summed E-state index contributed by atoms with van der Waals surface area (Å²) in [5.41, 5.74) is 1.39. The molecule has 0 amide bonds. The Morgan fingerprint density at radius 1 is 1.28 bits per heavy atom. The van der Waals surface area contributed by atoms with Gasteiger partial charge in [-0.25, -0.2) is 0 Å². The molecule has 96 valence electrons. The summed E-state index contributed by atoms with van der Waals surface area (Å²) in [6.45, 7) is 4.61. The van der Waals surface area contributed by atoms with Crippen LogP contribution in [0.2, 0.25) is 0 Å². The highest BCUT2D eigenvalue weighted by Gasteiger charge is 2.26. The summed E-state index contributed by atoms with van der Waals surface area (Å²) >= 11 is 0. The Balaban J connectivity index is 1.96. The third-order valence-electron chi connectivity index (χ3n) is 4.21. The zero-order valence-corrected chi connectivity index (χ0v) is 11.1. The Morgan fingerprint density at radius 3 is 3.06 bits per heavy atom. The van der Waals surface area contributed by atoms with Gasteiger partial charge in [-0.05, 0) is 49.4 Å². The minimum absolute atomic E-state index is 0.672. The first kappa shape index (κ1) is 11.8.